The molecule has 2 aromatic rings. The van der Waals surface area contributed by atoms with E-state index in [4.69, 9.17) is 10.8 Å². The molecule has 0 fully saturated rings. The van der Waals surface area contributed by atoms with E-state index >= 15 is 0 Å². The number of hydrogen-bond donors (Lipinski definition) is 3. The fraction of sp³-hybridized carbons (Fsp3) is 0.364. The van der Waals surface area contributed by atoms with Crippen molar-refractivity contribution in [2.24, 2.45) is 5.73 Å². The van der Waals surface area contributed by atoms with Gasteiger partial charge < -0.3 is 10.8 Å². The van der Waals surface area contributed by atoms with Crippen molar-refractivity contribution in [3.05, 3.63) is 24.0 Å². The highest BCUT2D eigenvalue weighted by molar-refractivity contribution is 5.79. The summed E-state index contributed by atoms with van der Waals surface area (Å²) in [5, 5.41) is 16.2. The van der Waals surface area contributed by atoms with Crippen LogP contribution in [0.3, 0.4) is 0 Å². The van der Waals surface area contributed by atoms with E-state index in [2.05, 4.69) is 15.2 Å². The van der Waals surface area contributed by atoms with Gasteiger partial charge in [0.2, 0.25) is 0 Å². The van der Waals surface area contributed by atoms with Crippen molar-refractivity contribution >= 4 is 17.0 Å². The van der Waals surface area contributed by atoms with E-state index in [1.807, 2.05) is 19.9 Å². The van der Waals surface area contributed by atoms with Gasteiger partial charge in [0.15, 0.2) is 5.65 Å². The van der Waals surface area contributed by atoms with Crippen LogP contribution in [-0.4, -0.2) is 32.3 Å². The van der Waals surface area contributed by atoms with Crippen molar-refractivity contribution in [1.29, 1.82) is 0 Å². The van der Waals surface area contributed by atoms with E-state index in [1.54, 1.807) is 12.3 Å². The van der Waals surface area contributed by atoms with Gasteiger partial charge in [0.25, 0.3) is 0 Å². The van der Waals surface area contributed by atoms with Gasteiger partial charge in [-0.2, -0.15) is 5.10 Å². The average Bonchev–Trinajstić information content (AvgIpc) is 2.75. The van der Waals surface area contributed by atoms with E-state index in [9.17, 15) is 4.79 Å². The summed E-state index contributed by atoms with van der Waals surface area (Å²) in [6.07, 6.45) is 1.85. The molecule has 0 aliphatic carbocycles. The van der Waals surface area contributed by atoms with Crippen LogP contribution in [0.5, 0.6) is 0 Å². The average molecular weight is 236 g/mol. The van der Waals surface area contributed by atoms with Crippen LogP contribution in [0.25, 0.3) is 11.0 Å². The Kier molecular flexibility index (Phi) is 4.59. The Morgan fingerprint density at radius 1 is 1.59 bits per heavy atom. The molecule has 6 heteroatoms. The lowest BCUT2D eigenvalue weighted by Crippen LogP contribution is -2.32. The summed E-state index contributed by atoms with van der Waals surface area (Å²) in [6.45, 7) is 4.00. The Bertz CT molecular complexity index is 495. The summed E-state index contributed by atoms with van der Waals surface area (Å²) >= 11 is 0. The summed E-state index contributed by atoms with van der Waals surface area (Å²) in [4.78, 5) is 14.6. The third-order valence-corrected chi connectivity index (χ3v) is 2.15. The van der Waals surface area contributed by atoms with Crippen molar-refractivity contribution in [1.82, 2.24) is 15.2 Å². The van der Waals surface area contributed by atoms with Crippen LogP contribution in [0.1, 0.15) is 19.5 Å². The molecule has 0 spiro atoms. The number of aromatic amines is 1. The van der Waals surface area contributed by atoms with Crippen molar-refractivity contribution in [2.75, 3.05) is 0 Å². The predicted molar refractivity (Wildman–Crippen MR) is 64.6 cm³/mol. The molecule has 0 amide bonds. The smallest absolute Gasteiger partial charge is 0.320 e. The van der Waals surface area contributed by atoms with Gasteiger partial charge in [0.05, 0.1) is 0 Å². The van der Waals surface area contributed by atoms with Crippen LogP contribution >= 0.6 is 0 Å². The van der Waals surface area contributed by atoms with Crippen LogP contribution in [0.4, 0.5) is 0 Å². The largest absolute Gasteiger partial charge is 0.480 e. The van der Waals surface area contributed by atoms with Crippen LogP contribution < -0.4 is 5.73 Å². The molecule has 0 aliphatic heterocycles. The van der Waals surface area contributed by atoms with E-state index in [0.717, 1.165) is 5.39 Å². The monoisotopic (exact) mass is 236 g/mol. The molecule has 0 bridgehead atoms. The molecule has 2 rings (SSSR count). The molecule has 2 aromatic heterocycles. The molecule has 2 heterocycles. The van der Waals surface area contributed by atoms with Gasteiger partial charge in [0.1, 0.15) is 6.04 Å². The van der Waals surface area contributed by atoms with E-state index in [1.165, 1.54) is 0 Å². The molecule has 92 valence electrons. The van der Waals surface area contributed by atoms with Gasteiger partial charge in [0, 0.05) is 23.7 Å². The second kappa shape index (κ2) is 5.95. The molecule has 0 unspecified atom stereocenters. The lowest BCUT2D eigenvalue weighted by Gasteiger charge is -2.03. The zero-order valence-corrected chi connectivity index (χ0v) is 9.84. The fourth-order valence-electron chi connectivity index (χ4n) is 1.37. The Morgan fingerprint density at radius 3 is 2.94 bits per heavy atom. The Balaban J connectivity index is 0.000000686. The maximum absolute atomic E-state index is 10.6. The molecule has 0 saturated carbocycles. The first-order valence-corrected chi connectivity index (χ1v) is 5.45. The number of aliphatic carboxylic acids is 1. The molecular weight excluding hydrogens is 220 g/mol. The van der Waals surface area contributed by atoms with Crippen molar-refractivity contribution in [3.8, 4) is 0 Å². The third kappa shape index (κ3) is 3.01. The first kappa shape index (κ1) is 13.1. The number of rotatable bonds is 3. The number of carbonyl (C=O) groups is 1. The first-order valence-electron chi connectivity index (χ1n) is 5.45. The van der Waals surface area contributed by atoms with Gasteiger partial charge in [-0.15, -0.1) is 0 Å². The third-order valence-electron chi connectivity index (χ3n) is 2.15. The Hall–Kier alpha value is -1.95. The minimum absolute atomic E-state index is 0.220. The highest BCUT2D eigenvalue weighted by atomic mass is 16.4. The number of nitrogens with zero attached hydrogens (tertiary/aromatic N) is 2. The number of nitrogens with two attached hydrogens (primary N) is 1. The highest BCUT2D eigenvalue weighted by Crippen LogP contribution is 2.13. The molecule has 0 aromatic carbocycles. The molecular formula is C11H16N4O2. The standard InChI is InChI=1S/C9H10N4O2.C2H6/c10-6(9(14)15)4-7-5-2-1-3-11-8(5)13-12-7;1-2/h1-3,6H,4,10H2,(H,14,15)(H,11,12,13);1-2H3/t6-;/m0./s1. The molecule has 0 aliphatic rings. The van der Waals surface area contributed by atoms with Gasteiger partial charge in [-0.3, -0.25) is 9.89 Å². The highest BCUT2D eigenvalue weighted by Gasteiger charge is 2.15. The molecule has 1 atom stereocenters. The van der Waals surface area contributed by atoms with Crippen molar-refractivity contribution < 1.29 is 9.90 Å². The number of aromatic nitrogens is 3. The van der Waals surface area contributed by atoms with Crippen LogP contribution in [0, 0.1) is 0 Å². The van der Waals surface area contributed by atoms with E-state index in [-0.39, 0.29) is 6.42 Å². The molecule has 6 nitrogen and oxygen atoms in total. The van der Waals surface area contributed by atoms with Crippen molar-refractivity contribution in [3.63, 3.8) is 0 Å². The Morgan fingerprint density at radius 2 is 2.29 bits per heavy atom. The maximum Gasteiger partial charge on any atom is 0.320 e. The number of pyridine rings is 1. The number of nitrogens with one attached hydrogen (secondary N) is 1. The first-order chi connectivity index (χ1) is 8.18. The number of H-pyrrole nitrogens is 1. The van der Waals surface area contributed by atoms with Gasteiger partial charge in [-0.05, 0) is 12.1 Å². The SMILES string of the molecule is CC.N[C@@H](Cc1[nH]nc2ncccc12)C(=O)O. The summed E-state index contributed by atoms with van der Waals surface area (Å²) in [5.41, 5.74) is 6.71. The topological polar surface area (TPSA) is 105 Å². The normalized spacial score (nSPS) is 11.7. The summed E-state index contributed by atoms with van der Waals surface area (Å²) in [7, 11) is 0. The minimum atomic E-state index is -1.03. The Labute approximate surface area is 98.9 Å². The van der Waals surface area contributed by atoms with Gasteiger partial charge >= 0.3 is 5.97 Å². The second-order valence-electron chi connectivity index (χ2n) is 3.23. The molecule has 0 radical (unpaired) electrons. The minimum Gasteiger partial charge on any atom is -0.480 e. The maximum atomic E-state index is 10.6. The molecule has 0 saturated heterocycles. The van der Waals surface area contributed by atoms with Gasteiger partial charge in [-0.25, -0.2) is 4.98 Å². The molecule has 17 heavy (non-hydrogen) atoms. The fourth-order valence-corrected chi connectivity index (χ4v) is 1.37. The number of fused-ring (bicyclic) bond motifs is 1. The summed E-state index contributed by atoms with van der Waals surface area (Å²) in [5.74, 6) is -1.03. The zero-order valence-electron chi connectivity index (χ0n) is 9.84. The van der Waals surface area contributed by atoms with Gasteiger partial charge in [-0.1, -0.05) is 13.8 Å². The van der Waals surface area contributed by atoms with E-state index in [0.29, 0.717) is 11.3 Å². The zero-order chi connectivity index (χ0) is 12.8. The number of carboxylic acid groups (broad SMARTS) is 1. The second-order valence-corrected chi connectivity index (χ2v) is 3.23. The number of carboxylic acids is 1. The molecule has 4 N–H and O–H groups in total. The predicted octanol–water partition coefficient (Wildman–Crippen LogP) is 0.938. The summed E-state index contributed by atoms with van der Waals surface area (Å²) in [6, 6.07) is 2.68. The van der Waals surface area contributed by atoms with Crippen LogP contribution in [0.2, 0.25) is 0 Å². The lowest BCUT2D eigenvalue weighted by atomic mass is 10.1. The lowest BCUT2D eigenvalue weighted by molar-refractivity contribution is -0.138. The quantitative estimate of drug-likeness (QED) is 0.735. The van der Waals surface area contributed by atoms with Crippen LogP contribution in [-0.2, 0) is 11.2 Å². The van der Waals surface area contributed by atoms with E-state index < -0.39 is 12.0 Å². The van der Waals surface area contributed by atoms with Crippen LogP contribution in [0.15, 0.2) is 18.3 Å². The number of hydrogen-bond acceptors (Lipinski definition) is 4. The summed E-state index contributed by atoms with van der Waals surface area (Å²) < 4.78 is 0. The van der Waals surface area contributed by atoms with Crippen molar-refractivity contribution in [2.45, 2.75) is 26.3 Å².